The molecule has 1 aliphatic rings. The molecule has 1 aromatic heterocycles. The highest BCUT2D eigenvalue weighted by atomic mass is 32.2. The first-order chi connectivity index (χ1) is 16.3. The number of sulfonamides is 1. The lowest BCUT2D eigenvalue weighted by atomic mass is 9.96. The van der Waals surface area contributed by atoms with Gasteiger partial charge in [-0.1, -0.05) is 43.5 Å². The number of amides is 3. The monoisotopic (exact) mass is 483 g/mol. The Bertz CT molecular complexity index is 1280. The van der Waals surface area contributed by atoms with E-state index in [-0.39, 0.29) is 16.8 Å². The predicted molar refractivity (Wildman–Crippen MR) is 129 cm³/mol. The molecule has 3 N–H and O–H groups in total. The second-order valence-electron chi connectivity index (χ2n) is 8.64. The fourth-order valence-electron chi connectivity index (χ4n) is 4.26. The van der Waals surface area contributed by atoms with E-state index in [0.717, 1.165) is 48.8 Å². The minimum atomic E-state index is -3.96. The van der Waals surface area contributed by atoms with Crippen molar-refractivity contribution in [1.82, 2.24) is 15.4 Å². The average molecular weight is 484 g/mol. The first kappa shape index (κ1) is 23.8. The molecule has 0 saturated heterocycles. The molecule has 0 atom stereocenters. The number of para-hydroxylation sites is 1. The van der Waals surface area contributed by atoms with Crippen LogP contribution >= 0.6 is 0 Å². The summed E-state index contributed by atoms with van der Waals surface area (Å²) in [5.41, 5.74) is 1.90. The van der Waals surface area contributed by atoms with Gasteiger partial charge in [0.2, 0.25) is 0 Å². The van der Waals surface area contributed by atoms with E-state index < -0.39 is 16.1 Å². The van der Waals surface area contributed by atoms with Gasteiger partial charge in [-0.3, -0.25) is 4.79 Å². The average Bonchev–Trinajstić information content (AvgIpc) is 3.19. The Morgan fingerprint density at radius 2 is 1.76 bits per heavy atom. The first-order valence-electron chi connectivity index (χ1n) is 11.5. The van der Waals surface area contributed by atoms with E-state index >= 15 is 0 Å². The molecule has 0 bridgehead atoms. The number of rotatable bonds is 7. The van der Waals surface area contributed by atoms with Gasteiger partial charge in [0.1, 0.15) is 11.3 Å². The highest BCUT2D eigenvalue weighted by Crippen LogP contribution is 2.22. The van der Waals surface area contributed by atoms with Crippen LogP contribution in [0.5, 0.6) is 0 Å². The molecule has 0 spiro atoms. The zero-order valence-electron chi connectivity index (χ0n) is 19.1. The normalized spacial score (nSPS) is 14.6. The lowest BCUT2D eigenvalue weighted by molar-refractivity contribution is 0.0954. The molecule has 3 amide bonds. The molecule has 0 unspecified atom stereocenters. The van der Waals surface area contributed by atoms with Gasteiger partial charge in [-0.25, -0.2) is 17.9 Å². The summed E-state index contributed by atoms with van der Waals surface area (Å²) in [6.07, 6.45) is 5.49. The SMILES string of the molecule is Cc1cc2cccc(C(=O)NCCc3ccc(S(=O)(=O)NC(=O)NC4CCCCC4)cc3)c2o1. The fraction of sp³-hybridized carbons (Fsp3) is 0.360. The number of furan rings is 1. The summed E-state index contributed by atoms with van der Waals surface area (Å²) in [5, 5.41) is 6.50. The van der Waals surface area contributed by atoms with Gasteiger partial charge in [-0.15, -0.1) is 0 Å². The van der Waals surface area contributed by atoms with Crippen molar-refractivity contribution < 1.29 is 22.4 Å². The van der Waals surface area contributed by atoms with Gasteiger partial charge in [0, 0.05) is 18.0 Å². The van der Waals surface area contributed by atoms with E-state index in [1.54, 1.807) is 18.2 Å². The third-order valence-corrected chi connectivity index (χ3v) is 7.36. The molecule has 1 aliphatic carbocycles. The Balaban J connectivity index is 1.29. The van der Waals surface area contributed by atoms with Gasteiger partial charge in [-0.2, -0.15) is 0 Å². The predicted octanol–water partition coefficient (Wildman–Crippen LogP) is 4.03. The Morgan fingerprint density at radius 1 is 1.03 bits per heavy atom. The summed E-state index contributed by atoms with van der Waals surface area (Å²) in [6, 6.07) is 12.9. The van der Waals surface area contributed by atoms with E-state index in [4.69, 9.17) is 4.42 Å². The molecule has 0 aliphatic heterocycles. The molecule has 1 heterocycles. The molecule has 1 fully saturated rings. The van der Waals surface area contributed by atoms with Crippen LogP contribution in [-0.4, -0.2) is 32.9 Å². The molecule has 0 radical (unpaired) electrons. The van der Waals surface area contributed by atoms with Crippen molar-refractivity contribution in [3.8, 4) is 0 Å². The molecule has 2 aromatic carbocycles. The minimum absolute atomic E-state index is 0.0129. The van der Waals surface area contributed by atoms with Crippen molar-refractivity contribution in [2.75, 3.05) is 6.54 Å². The second-order valence-corrected chi connectivity index (χ2v) is 10.3. The molecule has 9 heteroatoms. The molecule has 1 saturated carbocycles. The molecule has 180 valence electrons. The summed E-state index contributed by atoms with van der Waals surface area (Å²) in [7, 11) is -3.96. The second kappa shape index (κ2) is 10.3. The van der Waals surface area contributed by atoms with Gasteiger partial charge in [-0.05, 0) is 56.0 Å². The van der Waals surface area contributed by atoms with Gasteiger partial charge < -0.3 is 15.1 Å². The number of benzene rings is 2. The standard InChI is InChI=1S/C25H29N3O5S/c1-17-16-19-6-5-9-22(23(19)33-17)24(29)26-15-14-18-10-12-21(13-11-18)34(31,32)28-25(30)27-20-7-3-2-4-8-20/h5-6,9-13,16,20H,2-4,7-8,14-15H2,1H3,(H,26,29)(H2,27,28,30). The fourth-order valence-corrected chi connectivity index (χ4v) is 5.18. The van der Waals surface area contributed by atoms with E-state index in [1.807, 2.05) is 25.1 Å². The molecule has 3 aromatic rings. The Morgan fingerprint density at radius 3 is 2.50 bits per heavy atom. The zero-order valence-corrected chi connectivity index (χ0v) is 19.9. The quantitative estimate of drug-likeness (QED) is 0.469. The van der Waals surface area contributed by atoms with Crippen LogP contribution in [0.2, 0.25) is 0 Å². The van der Waals surface area contributed by atoms with Crippen LogP contribution in [0.25, 0.3) is 11.0 Å². The number of hydrogen-bond donors (Lipinski definition) is 3. The third kappa shape index (κ3) is 5.77. The number of carbonyl (C=O) groups is 2. The maximum absolute atomic E-state index is 12.6. The van der Waals surface area contributed by atoms with Crippen molar-refractivity contribution in [3.63, 3.8) is 0 Å². The number of nitrogens with one attached hydrogen (secondary N) is 3. The number of carbonyl (C=O) groups excluding carboxylic acids is 2. The largest absolute Gasteiger partial charge is 0.461 e. The number of fused-ring (bicyclic) bond motifs is 1. The minimum Gasteiger partial charge on any atom is -0.461 e. The Labute approximate surface area is 199 Å². The van der Waals surface area contributed by atoms with E-state index in [1.165, 1.54) is 12.1 Å². The summed E-state index contributed by atoms with van der Waals surface area (Å²) >= 11 is 0. The van der Waals surface area contributed by atoms with Crippen LogP contribution in [0.3, 0.4) is 0 Å². The highest BCUT2D eigenvalue weighted by Gasteiger charge is 2.21. The van der Waals surface area contributed by atoms with Gasteiger partial charge in [0.25, 0.3) is 15.9 Å². The van der Waals surface area contributed by atoms with Crippen LogP contribution < -0.4 is 15.4 Å². The van der Waals surface area contributed by atoms with Crippen molar-refractivity contribution in [1.29, 1.82) is 0 Å². The van der Waals surface area contributed by atoms with E-state index in [2.05, 4.69) is 15.4 Å². The lowest BCUT2D eigenvalue weighted by Gasteiger charge is -2.22. The Hall–Kier alpha value is -3.33. The van der Waals surface area contributed by atoms with Crippen LogP contribution in [0.15, 0.2) is 57.8 Å². The number of aryl methyl sites for hydroxylation is 1. The van der Waals surface area contributed by atoms with Crippen LogP contribution in [0.1, 0.15) is 53.8 Å². The zero-order chi connectivity index (χ0) is 24.1. The van der Waals surface area contributed by atoms with Crippen molar-refractivity contribution >= 4 is 32.9 Å². The highest BCUT2D eigenvalue weighted by molar-refractivity contribution is 7.90. The summed E-state index contributed by atoms with van der Waals surface area (Å²) in [6.45, 7) is 2.22. The maximum Gasteiger partial charge on any atom is 0.328 e. The van der Waals surface area contributed by atoms with Crippen LogP contribution in [-0.2, 0) is 16.4 Å². The van der Waals surface area contributed by atoms with E-state index in [0.29, 0.717) is 24.1 Å². The topological polar surface area (TPSA) is 118 Å². The van der Waals surface area contributed by atoms with Crippen molar-refractivity contribution in [2.45, 2.75) is 56.4 Å². The Kier molecular flexibility index (Phi) is 7.21. The van der Waals surface area contributed by atoms with Crippen LogP contribution in [0.4, 0.5) is 4.79 Å². The molecular formula is C25H29N3O5S. The van der Waals surface area contributed by atoms with Gasteiger partial charge in [0.05, 0.1) is 10.5 Å². The maximum atomic E-state index is 12.6. The van der Waals surface area contributed by atoms with Gasteiger partial charge in [0.15, 0.2) is 0 Å². The third-order valence-electron chi connectivity index (χ3n) is 6.01. The van der Waals surface area contributed by atoms with Gasteiger partial charge >= 0.3 is 6.03 Å². The smallest absolute Gasteiger partial charge is 0.328 e. The first-order valence-corrected chi connectivity index (χ1v) is 13.0. The number of hydrogen-bond acceptors (Lipinski definition) is 5. The van der Waals surface area contributed by atoms with Crippen LogP contribution in [0, 0.1) is 6.92 Å². The molecule has 34 heavy (non-hydrogen) atoms. The lowest BCUT2D eigenvalue weighted by Crippen LogP contribution is -2.45. The summed E-state index contributed by atoms with van der Waals surface area (Å²) in [4.78, 5) is 24.7. The molecular weight excluding hydrogens is 454 g/mol. The molecule has 8 nitrogen and oxygen atoms in total. The summed E-state index contributed by atoms with van der Waals surface area (Å²) in [5.74, 6) is 0.513. The van der Waals surface area contributed by atoms with E-state index in [9.17, 15) is 18.0 Å². The van der Waals surface area contributed by atoms with Crippen molar-refractivity contribution in [3.05, 3.63) is 65.4 Å². The summed E-state index contributed by atoms with van der Waals surface area (Å²) < 4.78 is 32.8. The van der Waals surface area contributed by atoms with Crippen molar-refractivity contribution in [2.24, 2.45) is 0 Å². The number of urea groups is 1. The molecule has 4 rings (SSSR count).